The molecule has 0 aliphatic heterocycles. The monoisotopic (exact) mass is 243 g/mol. The molecule has 0 bridgehead atoms. The molecule has 2 aromatic rings. The first-order valence-corrected chi connectivity index (χ1v) is 5.95. The van der Waals surface area contributed by atoms with E-state index in [0.717, 1.165) is 11.3 Å². The van der Waals surface area contributed by atoms with E-state index in [-0.39, 0.29) is 11.8 Å². The zero-order valence-electron chi connectivity index (χ0n) is 10.6. The summed E-state index contributed by atoms with van der Waals surface area (Å²) in [6.07, 6.45) is 3.55. The van der Waals surface area contributed by atoms with E-state index in [0.29, 0.717) is 12.2 Å². The third-order valence-electron chi connectivity index (χ3n) is 2.87. The minimum atomic E-state index is 0.190. The Balaban J connectivity index is 2.01. The second-order valence-corrected chi connectivity index (χ2v) is 4.30. The number of nitrogens with one attached hydrogen (secondary N) is 1. The molecule has 0 aliphatic rings. The molecule has 0 fully saturated rings. The number of nitrogens with zero attached hydrogens (tertiary/aromatic N) is 2. The van der Waals surface area contributed by atoms with Gasteiger partial charge in [-0.2, -0.15) is 0 Å². The lowest BCUT2D eigenvalue weighted by molar-refractivity contribution is 0.454. The summed E-state index contributed by atoms with van der Waals surface area (Å²) in [4.78, 5) is 8.31. The first kappa shape index (κ1) is 12.5. The van der Waals surface area contributed by atoms with Gasteiger partial charge in [-0.3, -0.25) is 9.97 Å². The van der Waals surface area contributed by atoms with Crippen LogP contribution in [-0.4, -0.2) is 15.1 Å². The molecule has 1 atom stereocenters. The van der Waals surface area contributed by atoms with E-state index in [2.05, 4.69) is 22.2 Å². The smallest absolute Gasteiger partial charge is 0.138 e. The van der Waals surface area contributed by atoms with Gasteiger partial charge in [0.2, 0.25) is 0 Å². The fourth-order valence-electron chi connectivity index (χ4n) is 1.75. The van der Waals surface area contributed by atoms with Crippen molar-refractivity contribution in [1.82, 2.24) is 15.3 Å². The standard InChI is InChI=1S/C14H17N3O/c1-10-3-4-14(18)13(17-10)9-16-11(2)12-5-7-15-8-6-12/h3-8,11,16,18H,9H2,1-2H3/t11-/m1/s1. The van der Waals surface area contributed by atoms with Gasteiger partial charge in [0.05, 0.1) is 5.69 Å². The van der Waals surface area contributed by atoms with Crippen LogP contribution < -0.4 is 5.32 Å². The molecule has 4 heteroatoms. The van der Waals surface area contributed by atoms with Gasteiger partial charge < -0.3 is 10.4 Å². The summed E-state index contributed by atoms with van der Waals surface area (Å²) < 4.78 is 0. The molecule has 0 saturated heterocycles. The summed E-state index contributed by atoms with van der Waals surface area (Å²) in [6.45, 7) is 4.52. The van der Waals surface area contributed by atoms with E-state index in [1.807, 2.05) is 19.1 Å². The van der Waals surface area contributed by atoms with Gasteiger partial charge in [0.15, 0.2) is 0 Å². The van der Waals surface area contributed by atoms with Crippen molar-refractivity contribution >= 4 is 0 Å². The summed E-state index contributed by atoms with van der Waals surface area (Å²) in [5.74, 6) is 0.232. The Kier molecular flexibility index (Phi) is 3.89. The molecule has 2 rings (SSSR count). The van der Waals surface area contributed by atoms with Gasteiger partial charge in [-0.05, 0) is 43.7 Å². The Hall–Kier alpha value is -1.94. The number of aromatic nitrogens is 2. The zero-order valence-corrected chi connectivity index (χ0v) is 10.6. The Bertz CT molecular complexity index is 514. The van der Waals surface area contributed by atoms with Crippen molar-refractivity contribution in [2.45, 2.75) is 26.4 Å². The summed E-state index contributed by atoms with van der Waals surface area (Å²) in [7, 11) is 0. The van der Waals surface area contributed by atoms with E-state index in [4.69, 9.17) is 0 Å². The lowest BCUT2D eigenvalue weighted by atomic mass is 10.1. The summed E-state index contributed by atoms with van der Waals surface area (Å²) in [5.41, 5.74) is 2.74. The highest BCUT2D eigenvalue weighted by Crippen LogP contribution is 2.16. The number of rotatable bonds is 4. The van der Waals surface area contributed by atoms with Crippen molar-refractivity contribution in [2.75, 3.05) is 0 Å². The highest BCUT2D eigenvalue weighted by molar-refractivity contribution is 5.27. The molecule has 0 radical (unpaired) electrons. The van der Waals surface area contributed by atoms with Crippen molar-refractivity contribution in [2.24, 2.45) is 0 Å². The molecule has 0 amide bonds. The summed E-state index contributed by atoms with van der Waals surface area (Å²) >= 11 is 0. The van der Waals surface area contributed by atoms with E-state index < -0.39 is 0 Å². The molecule has 0 aliphatic carbocycles. The normalized spacial score (nSPS) is 12.3. The second kappa shape index (κ2) is 5.60. The molecule has 2 aromatic heterocycles. The van der Waals surface area contributed by atoms with E-state index in [1.165, 1.54) is 0 Å². The van der Waals surface area contributed by atoms with Crippen LogP contribution in [0, 0.1) is 6.92 Å². The van der Waals surface area contributed by atoms with Crippen LogP contribution in [0.2, 0.25) is 0 Å². The molecule has 0 spiro atoms. The largest absolute Gasteiger partial charge is 0.506 e. The van der Waals surface area contributed by atoms with Crippen LogP contribution in [0.4, 0.5) is 0 Å². The lowest BCUT2D eigenvalue weighted by Crippen LogP contribution is -2.19. The summed E-state index contributed by atoms with van der Waals surface area (Å²) in [6, 6.07) is 7.61. The maximum atomic E-state index is 9.71. The minimum Gasteiger partial charge on any atom is -0.506 e. The molecule has 0 aromatic carbocycles. The fraction of sp³-hybridized carbons (Fsp3) is 0.286. The molecular formula is C14H17N3O. The Morgan fingerprint density at radius 2 is 1.94 bits per heavy atom. The van der Waals surface area contributed by atoms with Gasteiger partial charge in [0.25, 0.3) is 0 Å². The van der Waals surface area contributed by atoms with Crippen LogP contribution in [0.15, 0.2) is 36.7 Å². The first-order valence-electron chi connectivity index (χ1n) is 5.95. The molecule has 0 saturated carbocycles. The Morgan fingerprint density at radius 1 is 1.22 bits per heavy atom. The molecule has 18 heavy (non-hydrogen) atoms. The predicted octanol–water partition coefficient (Wildman–Crippen LogP) is 2.34. The van der Waals surface area contributed by atoms with Crippen LogP contribution in [0.25, 0.3) is 0 Å². The van der Waals surface area contributed by atoms with Crippen molar-refractivity contribution in [3.05, 3.63) is 53.6 Å². The van der Waals surface area contributed by atoms with Gasteiger partial charge in [0, 0.05) is 30.7 Å². The number of pyridine rings is 2. The second-order valence-electron chi connectivity index (χ2n) is 4.30. The molecule has 4 nitrogen and oxygen atoms in total. The van der Waals surface area contributed by atoms with Gasteiger partial charge in [-0.25, -0.2) is 0 Å². The molecule has 94 valence electrons. The zero-order chi connectivity index (χ0) is 13.0. The van der Waals surface area contributed by atoms with Gasteiger partial charge >= 0.3 is 0 Å². The average molecular weight is 243 g/mol. The van der Waals surface area contributed by atoms with Crippen LogP contribution >= 0.6 is 0 Å². The fourth-order valence-corrected chi connectivity index (χ4v) is 1.75. The van der Waals surface area contributed by atoms with Crippen molar-refractivity contribution in [1.29, 1.82) is 0 Å². The number of aromatic hydroxyl groups is 1. The van der Waals surface area contributed by atoms with Gasteiger partial charge in [-0.1, -0.05) is 0 Å². The predicted molar refractivity (Wildman–Crippen MR) is 70.1 cm³/mol. The third-order valence-corrected chi connectivity index (χ3v) is 2.87. The van der Waals surface area contributed by atoms with Gasteiger partial charge in [0.1, 0.15) is 5.75 Å². The van der Waals surface area contributed by atoms with Gasteiger partial charge in [-0.15, -0.1) is 0 Å². The molecular weight excluding hydrogens is 226 g/mol. The van der Waals surface area contributed by atoms with E-state index in [9.17, 15) is 5.11 Å². The molecule has 0 unspecified atom stereocenters. The maximum Gasteiger partial charge on any atom is 0.138 e. The maximum absolute atomic E-state index is 9.71. The molecule has 2 heterocycles. The van der Waals surface area contributed by atoms with E-state index >= 15 is 0 Å². The number of aryl methyl sites for hydroxylation is 1. The van der Waals surface area contributed by atoms with Crippen LogP contribution in [0.1, 0.15) is 29.9 Å². The lowest BCUT2D eigenvalue weighted by Gasteiger charge is -2.14. The average Bonchev–Trinajstić information content (AvgIpc) is 2.40. The first-order chi connectivity index (χ1) is 8.66. The molecule has 2 N–H and O–H groups in total. The van der Waals surface area contributed by atoms with Crippen LogP contribution in [0.5, 0.6) is 5.75 Å². The number of hydrogen-bond donors (Lipinski definition) is 2. The quantitative estimate of drug-likeness (QED) is 0.865. The van der Waals surface area contributed by atoms with Crippen molar-refractivity contribution < 1.29 is 5.11 Å². The van der Waals surface area contributed by atoms with Crippen molar-refractivity contribution in [3.63, 3.8) is 0 Å². The van der Waals surface area contributed by atoms with Crippen molar-refractivity contribution in [3.8, 4) is 5.75 Å². The van der Waals surface area contributed by atoms with Crippen LogP contribution in [-0.2, 0) is 6.54 Å². The Labute approximate surface area is 107 Å². The summed E-state index contributed by atoms with van der Waals surface area (Å²) in [5, 5.41) is 13.0. The Morgan fingerprint density at radius 3 is 2.67 bits per heavy atom. The SMILES string of the molecule is Cc1ccc(O)c(CN[C@H](C)c2ccncc2)n1. The number of hydrogen-bond acceptors (Lipinski definition) is 4. The minimum absolute atomic E-state index is 0.190. The third kappa shape index (κ3) is 3.05. The highest BCUT2D eigenvalue weighted by Gasteiger charge is 2.07. The highest BCUT2D eigenvalue weighted by atomic mass is 16.3. The van der Waals surface area contributed by atoms with Crippen LogP contribution in [0.3, 0.4) is 0 Å². The van der Waals surface area contributed by atoms with E-state index in [1.54, 1.807) is 24.5 Å². The topological polar surface area (TPSA) is 58.0 Å².